The largest absolute Gasteiger partial charge is 2.00 e. The molecule has 10 aromatic heterocycles. The molecule has 14 nitrogen and oxygen atoms in total. The molecule has 0 spiro atoms. The van der Waals surface area contributed by atoms with Crippen LogP contribution >= 0.6 is 45.3 Å². The van der Waals surface area contributed by atoms with Gasteiger partial charge in [-0.15, -0.1) is 51.3 Å². The van der Waals surface area contributed by atoms with Crippen LogP contribution in [0.25, 0.3) is 87.7 Å². The molecule has 10 aromatic rings. The molecule has 0 N–H and O–H groups in total. The van der Waals surface area contributed by atoms with E-state index < -0.39 is 23.7 Å². The van der Waals surface area contributed by atoms with Gasteiger partial charge in [-0.25, -0.2) is 4.98 Å². The molecule has 0 saturated carbocycles. The number of hydrogen-bond donors (Lipinski definition) is 0. The molecule has 25 heteroatoms. The molecule has 0 aliphatic carbocycles. The minimum atomic E-state index is -4.71. The number of carbonyl (C=O) groups is 2. The topological polar surface area (TPSA) is 177 Å². The average Bonchev–Trinajstić information content (AvgIpc) is 4.32. The zero-order valence-corrected chi connectivity index (χ0v) is 44.5. The van der Waals surface area contributed by atoms with Crippen molar-refractivity contribution in [2.24, 2.45) is 0 Å². The normalized spacial score (nSPS) is 12.0. The summed E-state index contributed by atoms with van der Waals surface area (Å²) in [5.41, 5.74) is 0.505. The number of alkyl halides is 6. The summed E-state index contributed by atoms with van der Waals surface area (Å²) >= 11 is 6.42. The third-order valence-electron chi connectivity index (χ3n) is 10.8. The predicted octanol–water partition coefficient (Wildman–Crippen LogP) is 13.0. The fraction of sp³-hybridized carbons (Fsp3) is 0.0943. The van der Waals surface area contributed by atoms with Crippen molar-refractivity contribution in [3.8, 4) is 110 Å². The Balaban J connectivity index is 0.000000193. The second-order valence-electron chi connectivity index (χ2n) is 15.9. The molecule has 11 heterocycles. The molecule has 0 aromatic carbocycles. The van der Waals surface area contributed by atoms with Crippen molar-refractivity contribution in [1.82, 2.24) is 40.3 Å². The number of carbonyl (C=O) groups excluding carboxylic acids is 2. The zero-order valence-electron chi connectivity index (χ0n) is 39.5. The van der Waals surface area contributed by atoms with Crippen molar-refractivity contribution in [2.75, 3.05) is 13.2 Å². The van der Waals surface area contributed by atoms with Gasteiger partial charge < -0.3 is 39.3 Å². The number of thiophene rings is 4. The average molecular weight is 1220 g/mol. The molecule has 1 aliphatic rings. The maximum Gasteiger partial charge on any atom is 2.00 e. The van der Waals surface area contributed by atoms with Gasteiger partial charge in [0, 0.05) is 50.1 Å². The molecule has 392 valence electrons. The first-order chi connectivity index (χ1) is 37.2. The van der Waals surface area contributed by atoms with Gasteiger partial charge in [-0.3, -0.25) is 24.5 Å². The minimum absolute atomic E-state index is 0. The fourth-order valence-electron chi connectivity index (χ4n) is 7.43. The summed E-state index contributed by atoms with van der Waals surface area (Å²) in [5.74, 6) is 7.91. The van der Waals surface area contributed by atoms with Crippen LogP contribution in [-0.2, 0) is 41.4 Å². The molecule has 0 unspecified atom stereocenters. The monoisotopic (exact) mass is 1220 g/mol. The number of aromatic nitrogens is 8. The predicted molar refractivity (Wildman–Crippen MR) is 278 cm³/mol. The summed E-state index contributed by atoms with van der Waals surface area (Å²) in [4.78, 5) is 46.8. The maximum absolute atomic E-state index is 13.0. The van der Waals surface area contributed by atoms with Crippen LogP contribution in [0.1, 0.15) is 33.6 Å². The number of ether oxygens (including phenoxy) is 4. The van der Waals surface area contributed by atoms with E-state index in [1.807, 2.05) is 30.3 Å². The number of nitrogens with zero attached hydrogens (tertiary/aromatic N) is 8. The summed E-state index contributed by atoms with van der Waals surface area (Å²) < 4.78 is 100.0. The van der Waals surface area contributed by atoms with E-state index in [4.69, 9.17) is 23.9 Å². The Morgan fingerprint density at radius 3 is 1.81 bits per heavy atom. The van der Waals surface area contributed by atoms with Gasteiger partial charge in [0.2, 0.25) is 0 Å². The minimum Gasteiger partial charge on any atom is -0.573 e. The molecule has 0 saturated heterocycles. The van der Waals surface area contributed by atoms with Crippen molar-refractivity contribution >= 4 is 70.4 Å². The van der Waals surface area contributed by atoms with Gasteiger partial charge in [0.25, 0.3) is 12.9 Å². The van der Waals surface area contributed by atoms with Crippen molar-refractivity contribution in [1.29, 1.82) is 0 Å². The van der Waals surface area contributed by atoms with Crippen LogP contribution in [0.15, 0.2) is 115 Å². The van der Waals surface area contributed by atoms with Gasteiger partial charge >= 0.3 is 31.8 Å². The molecule has 0 radical (unpaired) electrons. The summed E-state index contributed by atoms with van der Waals surface area (Å²) in [6, 6.07) is 26.5. The van der Waals surface area contributed by atoms with Gasteiger partial charge in [-0.05, 0) is 102 Å². The molecular formula is C53H30F6N8O6RuS4. The van der Waals surface area contributed by atoms with Crippen LogP contribution in [0.3, 0.4) is 0 Å². The van der Waals surface area contributed by atoms with Crippen molar-refractivity contribution in [3.05, 3.63) is 142 Å². The Bertz CT molecular complexity index is 3800. The third-order valence-corrected chi connectivity index (χ3v) is 15.3. The van der Waals surface area contributed by atoms with E-state index in [-0.39, 0.29) is 48.0 Å². The number of pyridine rings is 4. The van der Waals surface area contributed by atoms with Crippen molar-refractivity contribution < 1.29 is 74.4 Å². The van der Waals surface area contributed by atoms with Crippen LogP contribution in [-0.4, -0.2) is 56.3 Å². The SMILES string of the molecule is CC#Cc1ccc(/C=C/c2cc(-c3cc(C(F)(F)F)n[n-]3)nc(-c3cc(C(F)(F)F)n[n-]3)c2)s1.O=COc1ccnc(-c2cc(OC=O)cc(-c3cc(-c4ccc(-c5sc(-c6cccs6)c6c5OCCO6)s4)ccn3)n2)c1.[Ru+2]. The van der Waals surface area contributed by atoms with E-state index in [9.17, 15) is 35.9 Å². The molecule has 0 amide bonds. The fourth-order valence-corrected chi connectivity index (χ4v) is 11.4. The van der Waals surface area contributed by atoms with Crippen molar-refractivity contribution in [3.63, 3.8) is 0 Å². The summed E-state index contributed by atoms with van der Waals surface area (Å²) in [7, 11) is 0. The summed E-state index contributed by atoms with van der Waals surface area (Å²) in [5, 5.41) is 15.4. The van der Waals surface area contributed by atoms with Crippen LogP contribution in [0.4, 0.5) is 26.3 Å². The van der Waals surface area contributed by atoms with Crippen LogP contribution in [0.5, 0.6) is 23.0 Å². The van der Waals surface area contributed by atoms with Crippen molar-refractivity contribution in [2.45, 2.75) is 19.3 Å². The standard InChI is InChI=1S/C31H19N3O6S3.C22H11F6N5S.Ru/c35-16-39-19-6-8-33-22(13-19)24-15-20(40-17-36)14-23(34-24)21-12-18(5-7-32-21)25-3-4-27(42-25)31-29-28(37-9-10-38-29)30(43-31)26-2-1-11-41-26;1-2-3-13-6-7-14(34-13)5-4-12-8-15(17-10-19(32-30-17)21(23,24)25)29-16(9-12)18-11-20(33-31-18)22(26,27)28;/h1-8,11-17H,9-10H2;4-11H,1H3;/q;-2;+2/b;5-4+;. The van der Waals surface area contributed by atoms with Crippen LogP contribution in [0, 0.1) is 11.8 Å². The van der Waals surface area contributed by atoms with Crippen LogP contribution < -0.4 is 29.1 Å². The molecule has 11 rings (SSSR count). The molecule has 78 heavy (non-hydrogen) atoms. The molecule has 0 atom stereocenters. The Labute approximate surface area is 466 Å². The first-order valence-corrected chi connectivity index (χ1v) is 25.7. The quantitative estimate of drug-likeness (QED) is 0.0461. The van der Waals surface area contributed by atoms with Gasteiger partial charge in [-0.2, -0.15) is 26.3 Å². The van der Waals surface area contributed by atoms with E-state index in [0.29, 0.717) is 72.4 Å². The van der Waals surface area contributed by atoms with E-state index in [1.54, 1.807) is 83.5 Å². The molecule has 0 bridgehead atoms. The van der Waals surface area contributed by atoms with Gasteiger partial charge in [-0.1, -0.05) is 29.5 Å². The number of hydrogen-bond acceptors (Lipinski definition) is 16. The molecular weight excluding hydrogens is 1190 g/mol. The second-order valence-corrected chi connectivity index (χ2v) is 20.0. The molecule has 1 aliphatic heterocycles. The Morgan fingerprint density at radius 1 is 0.615 bits per heavy atom. The smallest absolute Gasteiger partial charge is 0.573 e. The first kappa shape index (κ1) is 54.6. The van der Waals surface area contributed by atoms with E-state index >= 15 is 0 Å². The Kier molecular flexibility index (Phi) is 16.6. The summed E-state index contributed by atoms with van der Waals surface area (Å²) in [6.45, 7) is 3.44. The first-order valence-electron chi connectivity index (χ1n) is 22.3. The van der Waals surface area contributed by atoms with Gasteiger partial charge in [0.05, 0.1) is 48.8 Å². The van der Waals surface area contributed by atoms with E-state index in [0.717, 1.165) is 51.2 Å². The zero-order chi connectivity index (χ0) is 53.7. The number of rotatable bonds is 13. The summed E-state index contributed by atoms with van der Waals surface area (Å²) in [6.07, 6.45) is -2.81. The Morgan fingerprint density at radius 2 is 1.21 bits per heavy atom. The second kappa shape index (κ2) is 23.6. The third kappa shape index (κ3) is 12.5. The van der Waals surface area contributed by atoms with Gasteiger partial charge in [0.15, 0.2) is 11.5 Å². The molecule has 0 fully saturated rings. The number of halogens is 6. The van der Waals surface area contributed by atoms with E-state index in [1.165, 1.54) is 29.7 Å². The van der Waals surface area contributed by atoms with Gasteiger partial charge in [0.1, 0.15) is 36.1 Å². The Hall–Kier alpha value is -8.14. The van der Waals surface area contributed by atoms with E-state index in [2.05, 4.69) is 70.8 Å². The van der Waals surface area contributed by atoms with Crippen LogP contribution in [0.2, 0.25) is 0 Å². The number of fused-ring (bicyclic) bond motifs is 1. The maximum atomic E-state index is 13.0.